The first-order valence-corrected chi connectivity index (χ1v) is 21.1. The minimum Gasteiger partial charge on any atom is -0.391 e. The molecule has 2 fully saturated rings. The van der Waals surface area contributed by atoms with Crippen LogP contribution in [-0.4, -0.2) is 157 Å². The summed E-state index contributed by atoms with van der Waals surface area (Å²) < 4.78 is 24.1. The van der Waals surface area contributed by atoms with Crippen LogP contribution in [0.1, 0.15) is 83.5 Å². The molecule has 9 unspecified atom stereocenters. The summed E-state index contributed by atoms with van der Waals surface area (Å²) in [5, 5.41) is 94.8. The summed E-state index contributed by atoms with van der Waals surface area (Å²) in [5.41, 5.74) is 0. The van der Waals surface area contributed by atoms with Crippen LogP contribution < -0.4 is 0 Å². The Morgan fingerprint density at radius 1 is 0.690 bits per heavy atom. The van der Waals surface area contributed by atoms with E-state index in [0.29, 0.717) is 29.5 Å². The van der Waals surface area contributed by atoms with Gasteiger partial charge in [-0.3, -0.25) is 4.79 Å². The molecule has 0 aromatic carbocycles. The predicted molar refractivity (Wildman–Crippen MR) is 218 cm³/mol. The van der Waals surface area contributed by atoms with Gasteiger partial charge in [-0.05, 0) is 12.8 Å². The fourth-order valence-corrected chi connectivity index (χ4v) is 7.42. The molecule has 58 heavy (non-hydrogen) atoms. The van der Waals surface area contributed by atoms with E-state index < -0.39 is 78.9 Å². The monoisotopic (exact) mass is 828 g/mol. The second-order valence-electron chi connectivity index (χ2n) is 15.3. The Bertz CT molecular complexity index is 1420. The number of carboxylic acid groups (broad SMARTS) is 1. The van der Waals surface area contributed by atoms with Gasteiger partial charge >= 0.3 is 197 Å². The van der Waals surface area contributed by atoms with E-state index in [1.54, 1.807) is 18.2 Å². The molecule has 0 aliphatic carbocycles. The van der Waals surface area contributed by atoms with Crippen molar-refractivity contribution in [2.45, 2.75) is 150 Å². The summed E-state index contributed by atoms with van der Waals surface area (Å²) in [5.74, 6) is -4.02. The normalized spacial score (nSPS) is 40.5. The third-order valence-electron chi connectivity index (χ3n) is 10.1. The van der Waals surface area contributed by atoms with Gasteiger partial charge in [-0.15, -0.1) is 0 Å². The summed E-state index contributed by atoms with van der Waals surface area (Å²) in [6, 6.07) is 0. The zero-order chi connectivity index (χ0) is 42.3. The number of hydrogen-bond acceptors (Lipinski definition) is 13. The van der Waals surface area contributed by atoms with Crippen molar-refractivity contribution in [3.63, 3.8) is 0 Å². The van der Waals surface area contributed by atoms with E-state index >= 15 is 0 Å². The number of aliphatic hydroxyl groups excluding tert-OH is 7. The standard InChI is InChI=1S/C43H64O14.Mg/c44-31-14-12-10-8-6-4-2-1-3-5-7-9-11-13-15-36(56-41-19-17-34(47)30-55-41)28-40-37(42(51)52)20-23-43(53,57-40)29-35(48)27-39(50)38(49)18-16-32(45)26-33(46)22-25-54-24-21-31;/h1-13,15,31-41,44-50,53H,14,16-24,26-30H2,(H,51,52);/b3-1+,4-2+,7-5+,8-6+,11-9+,12-10+,15-13+;/t31-,32?,33?,34+,35?,36?,37-,38?,39?,40?,41?,43?;/m1./s1. The van der Waals surface area contributed by atoms with E-state index in [1.807, 2.05) is 66.8 Å². The van der Waals surface area contributed by atoms with Gasteiger partial charge in [-0.2, -0.15) is 0 Å². The Morgan fingerprint density at radius 2 is 1.33 bits per heavy atom. The Morgan fingerprint density at radius 3 is 1.97 bits per heavy atom. The zero-order valence-corrected chi connectivity index (χ0v) is 34.7. The fraction of sp³-hybridized carbons (Fsp3) is 0.628. The molecule has 322 valence electrons. The van der Waals surface area contributed by atoms with Gasteiger partial charge in [0, 0.05) is 19.3 Å². The van der Waals surface area contributed by atoms with Gasteiger partial charge in [0.05, 0.1) is 30.8 Å². The summed E-state index contributed by atoms with van der Waals surface area (Å²) in [6.45, 7) is 0.373. The molecule has 12 atom stereocenters. The van der Waals surface area contributed by atoms with E-state index in [4.69, 9.17) is 18.9 Å². The van der Waals surface area contributed by atoms with Crippen molar-refractivity contribution in [1.29, 1.82) is 0 Å². The zero-order valence-electron chi connectivity index (χ0n) is 33.3. The third-order valence-corrected chi connectivity index (χ3v) is 10.6. The summed E-state index contributed by atoms with van der Waals surface area (Å²) in [6.07, 6.45) is 17.5. The molecule has 0 radical (unpaired) electrons. The molecule has 0 amide bonds. The van der Waals surface area contributed by atoms with Gasteiger partial charge < -0.3 is 29.5 Å². The van der Waals surface area contributed by atoms with Crippen LogP contribution in [0.3, 0.4) is 0 Å². The number of hydrogen-bond donors (Lipinski definition) is 9. The first kappa shape index (κ1) is 50.0. The molecule has 14 nitrogen and oxygen atoms in total. The van der Waals surface area contributed by atoms with Crippen molar-refractivity contribution < 1.29 is 69.7 Å². The Kier molecular flexibility index (Phi) is 23.7. The van der Waals surface area contributed by atoms with E-state index in [-0.39, 0.29) is 71.0 Å². The molecular weight excluding hydrogens is 765 g/mol. The number of carboxylic acids is 1. The first-order chi connectivity index (χ1) is 27.7. The second-order valence-corrected chi connectivity index (χ2v) is 16.1. The number of aliphatic hydroxyl groups is 8. The van der Waals surface area contributed by atoms with Gasteiger partial charge in [-0.25, -0.2) is 0 Å². The van der Waals surface area contributed by atoms with Gasteiger partial charge in [-0.1, -0.05) is 48.6 Å². The quantitative estimate of drug-likeness (QED) is 0.186. The van der Waals surface area contributed by atoms with Crippen LogP contribution in [0.4, 0.5) is 0 Å². The number of allylic oxidation sites excluding steroid dienone is 12. The van der Waals surface area contributed by atoms with E-state index in [1.165, 1.54) is 21.2 Å². The maximum atomic E-state index is 12.3. The Hall–Kier alpha value is -2.35. The molecule has 3 aliphatic rings. The van der Waals surface area contributed by atoms with Crippen molar-refractivity contribution in [1.82, 2.24) is 0 Å². The topological polar surface area (TPSA) is 236 Å². The summed E-state index contributed by atoms with van der Waals surface area (Å²) in [7, 11) is 0. The van der Waals surface area contributed by atoms with Crippen molar-refractivity contribution in [3.05, 3.63) is 85.1 Å². The van der Waals surface area contributed by atoms with Crippen molar-refractivity contribution in [2.75, 3.05) is 13.2 Å². The summed E-state index contributed by atoms with van der Waals surface area (Å²) >= 11 is 1.49. The molecular formula is C43H64MgO14. The SMILES string of the molecule is O=C(O)[C@@H]1CCC2(O)CC(O)CC(O)C(O)CCC(O)CC(O)C[C](=[Mg])OCC[C@H](O)C/C=C/C=C/C=C/C=C/C=C/C=C/C=C/C(OC3CC[C@H](O)CO3)CC1O2. The molecule has 3 heterocycles. The van der Waals surface area contributed by atoms with Crippen molar-refractivity contribution >= 4 is 31.0 Å². The van der Waals surface area contributed by atoms with Crippen molar-refractivity contribution in [3.8, 4) is 0 Å². The van der Waals surface area contributed by atoms with Crippen molar-refractivity contribution in [2.24, 2.45) is 5.92 Å². The molecule has 15 heteroatoms. The molecule has 2 saturated heterocycles. The summed E-state index contributed by atoms with van der Waals surface area (Å²) in [4.78, 5) is 12.3. The Labute approximate surface area is 354 Å². The molecule has 0 aromatic rings. The average Bonchev–Trinajstić information content (AvgIpc) is 3.15. The van der Waals surface area contributed by atoms with Crippen LogP contribution in [0.2, 0.25) is 0 Å². The smallest absolute Gasteiger partial charge is 0.391 e. The molecule has 2 bridgehead atoms. The maximum absolute atomic E-state index is 12.3. The molecule has 0 spiro atoms. The van der Waals surface area contributed by atoms with Crippen LogP contribution in [0, 0.1) is 5.92 Å². The number of ether oxygens (including phenoxy) is 4. The first-order valence-electron chi connectivity index (χ1n) is 20.4. The van der Waals surface area contributed by atoms with Crippen LogP contribution in [-0.2, 0) is 23.7 Å². The number of rotatable bonds is 3. The van der Waals surface area contributed by atoms with Gasteiger partial charge in [0.2, 0.25) is 0 Å². The third kappa shape index (κ3) is 20.8. The van der Waals surface area contributed by atoms with E-state index in [9.17, 15) is 50.8 Å². The average molecular weight is 829 g/mol. The number of carbonyl (C=O) groups is 1. The van der Waals surface area contributed by atoms with Gasteiger partial charge in [0.15, 0.2) is 12.1 Å². The fourth-order valence-electron chi connectivity index (χ4n) is 6.94. The Balaban J connectivity index is 1.73. The van der Waals surface area contributed by atoms with Crippen LogP contribution in [0.5, 0.6) is 0 Å². The minimum atomic E-state index is -1.93. The number of aliphatic carboxylic acids is 1. The van der Waals surface area contributed by atoms with Gasteiger partial charge in [0.25, 0.3) is 0 Å². The van der Waals surface area contributed by atoms with Gasteiger partial charge in [0.1, 0.15) is 0 Å². The molecule has 3 rings (SSSR count). The molecule has 0 saturated carbocycles. The van der Waals surface area contributed by atoms with E-state index in [0.717, 1.165) is 0 Å². The number of fused-ring (bicyclic) bond motifs is 2. The molecule has 3 aliphatic heterocycles. The molecule has 9 N–H and O–H groups in total. The van der Waals surface area contributed by atoms with Crippen LogP contribution in [0.15, 0.2) is 85.1 Å². The van der Waals surface area contributed by atoms with Crippen LogP contribution in [0.25, 0.3) is 0 Å². The second kappa shape index (κ2) is 27.5. The van der Waals surface area contributed by atoms with E-state index in [2.05, 4.69) is 0 Å². The molecule has 0 aromatic heterocycles. The minimum absolute atomic E-state index is 0.0121. The predicted octanol–water partition coefficient (Wildman–Crippen LogP) is 2.34. The van der Waals surface area contributed by atoms with Crippen LogP contribution >= 0.6 is 0 Å².